The molecule has 0 radical (unpaired) electrons. The number of benzene rings is 3. The summed E-state index contributed by atoms with van der Waals surface area (Å²) >= 11 is 0. The quantitative estimate of drug-likeness (QED) is 0.399. The number of nitrogens with zero attached hydrogens (tertiary/aromatic N) is 2. The molecule has 0 amide bonds. The number of aromatic amines is 1. The van der Waals surface area contributed by atoms with Crippen molar-refractivity contribution in [1.82, 2.24) is 14.9 Å². The Hall–Kier alpha value is -3.61. The lowest BCUT2D eigenvalue weighted by Gasteiger charge is -2.26. The molecule has 3 aromatic carbocycles. The molecule has 0 aliphatic carbocycles. The number of morpholine rings is 1. The molecule has 1 N–H and O–H groups in total. The number of nitrogens with one attached hydrogen (secondary N) is 1. The third-order valence-electron chi connectivity index (χ3n) is 6.02. The van der Waals surface area contributed by atoms with Crippen molar-refractivity contribution in [2.45, 2.75) is 0 Å². The van der Waals surface area contributed by atoms with Crippen LogP contribution in [-0.2, 0) is 4.74 Å². The number of methoxy groups -OCH3 is 1. The summed E-state index contributed by atoms with van der Waals surface area (Å²) in [5.74, 6) is 2.21. The van der Waals surface area contributed by atoms with Gasteiger partial charge in [-0.25, -0.2) is 4.98 Å². The Morgan fingerprint density at radius 1 is 0.853 bits per heavy atom. The van der Waals surface area contributed by atoms with Gasteiger partial charge in [0.25, 0.3) is 0 Å². The summed E-state index contributed by atoms with van der Waals surface area (Å²) in [5, 5.41) is 0. The zero-order valence-electron chi connectivity index (χ0n) is 19.4. The SMILES string of the molecule is COc1cc(-c2nc(-c3ccccc3)c(-c3ccccc3)[nH]2)ccc1OCCN1CCOCC1. The Morgan fingerprint density at radius 2 is 1.56 bits per heavy atom. The molecule has 1 aromatic heterocycles. The van der Waals surface area contributed by atoms with Gasteiger partial charge in [-0.1, -0.05) is 60.7 Å². The maximum Gasteiger partial charge on any atom is 0.161 e. The lowest BCUT2D eigenvalue weighted by molar-refractivity contribution is 0.0321. The highest BCUT2D eigenvalue weighted by atomic mass is 16.5. The topological polar surface area (TPSA) is 59.6 Å². The molecule has 0 atom stereocenters. The third-order valence-corrected chi connectivity index (χ3v) is 6.02. The molecule has 1 saturated heterocycles. The minimum Gasteiger partial charge on any atom is -0.493 e. The van der Waals surface area contributed by atoms with Crippen LogP contribution in [0.25, 0.3) is 33.9 Å². The summed E-state index contributed by atoms with van der Waals surface area (Å²) in [4.78, 5) is 10.9. The lowest BCUT2D eigenvalue weighted by atomic mass is 10.1. The third kappa shape index (κ3) is 4.98. The van der Waals surface area contributed by atoms with Crippen LogP contribution in [0.5, 0.6) is 11.5 Å². The van der Waals surface area contributed by atoms with Crippen LogP contribution in [0, 0.1) is 0 Å². The number of rotatable bonds is 8. The van der Waals surface area contributed by atoms with Crippen molar-refractivity contribution in [2.75, 3.05) is 46.6 Å². The summed E-state index contributed by atoms with van der Waals surface area (Å²) in [6.07, 6.45) is 0. The Morgan fingerprint density at radius 3 is 2.26 bits per heavy atom. The van der Waals surface area contributed by atoms with E-state index in [1.54, 1.807) is 7.11 Å². The van der Waals surface area contributed by atoms with E-state index < -0.39 is 0 Å². The van der Waals surface area contributed by atoms with E-state index in [-0.39, 0.29) is 0 Å². The minimum atomic E-state index is 0.604. The molecule has 1 aliphatic heterocycles. The van der Waals surface area contributed by atoms with Gasteiger partial charge in [0, 0.05) is 36.3 Å². The Bertz CT molecular complexity index is 1150. The number of ether oxygens (including phenoxy) is 3. The highest BCUT2D eigenvalue weighted by molar-refractivity contribution is 5.81. The summed E-state index contributed by atoms with van der Waals surface area (Å²) in [6, 6.07) is 26.5. The molecule has 6 heteroatoms. The highest BCUT2D eigenvalue weighted by Gasteiger charge is 2.17. The number of H-pyrrole nitrogens is 1. The Balaban J connectivity index is 1.41. The van der Waals surface area contributed by atoms with Gasteiger partial charge in [0.15, 0.2) is 11.5 Å². The molecule has 2 heterocycles. The van der Waals surface area contributed by atoms with Gasteiger partial charge in [0.05, 0.1) is 31.7 Å². The number of hydrogen-bond acceptors (Lipinski definition) is 5. The monoisotopic (exact) mass is 455 g/mol. The van der Waals surface area contributed by atoms with Gasteiger partial charge < -0.3 is 19.2 Å². The first kappa shape index (κ1) is 22.2. The standard InChI is InChI=1S/C28H29N3O3/c1-32-25-20-23(12-13-24(25)34-19-16-31-14-17-33-18-15-31)28-29-26(21-8-4-2-5-9-21)27(30-28)22-10-6-3-7-11-22/h2-13,20H,14-19H2,1H3,(H,29,30). The second kappa shape index (κ2) is 10.5. The minimum absolute atomic E-state index is 0.604. The van der Waals surface area contributed by atoms with E-state index in [1.807, 2.05) is 54.6 Å². The molecule has 0 bridgehead atoms. The fraction of sp³-hybridized carbons (Fsp3) is 0.250. The lowest BCUT2D eigenvalue weighted by Crippen LogP contribution is -2.38. The molecule has 174 valence electrons. The van der Waals surface area contributed by atoms with E-state index in [1.165, 1.54) is 0 Å². The molecule has 0 saturated carbocycles. The fourth-order valence-electron chi connectivity index (χ4n) is 4.17. The molecule has 4 aromatic rings. The summed E-state index contributed by atoms with van der Waals surface area (Å²) in [5.41, 5.74) is 5.02. The Kier molecular flexibility index (Phi) is 6.89. The second-order valence-electron chi connectivity index (χ2n) is 8.21. The largest absolute Gasteiger partial charge is 0.493 e. The van der Waals surface area contributed by atoms with Gasteiger partial charge in [0.1, 0.15) is 12.4 Å². The molecular formula is C28H29N3O3. The van der Waals surface area contributed by atoms with Crippen LogP contribution in [0.1, 0.15) is 0 Å². The summed E-state index contributed by atoms with van der Waals surface area (Å²) in [6.45, 7) is 4.95. The first-order valence-electron chi connectivity index (χ1n) is 11.6. The molecule has 0 spiro atoms. The molecule has 34 heavy (non-hydrogen) atoms. The second-order valence-corrected chi connectivity index (χ2v) is 8.21. The van der Waals surface area contributed by atoms with Gasteiger partial charge >= 0.3 is 0 Å². The van der Waals surface area contributed by atoms with E-state index in [0.717, 1.165) is 72.5 Å². The fourth-order valence-corrected chi connectivity index (χ4v) is 4.17. The average Bonchev–Trinajstić information content (AvgIpc) is 3.36. The molecule has 1 fully saturated rings. The van der Waals surface area contributed by atoms with Crippen molar-refractivity contribution in [3.8, 4) is 45.4 Å². The van der Waals surface area contributed by atoms with Gasteiger partial charge in [-0.15, -0.1) is 0 Å². The van der Waals surface area contributed by atoms with E-state index in [4.69, 9.17) is 19.2 Å². The molecule has 1 aliphatic rings. The first-order valence-corrected chi connectivity index (χ1v) is 11.6. The van der Waals surface area contributed by atoms with Crippen molar-refractivity contribution in [3.05, 3.63) is 78.9 Å². The summed E-state index contributed by atoms with van der Waals surface area (Å²) in [7, 11) is 1.67. The van der Waals surface area contributed by atoms with Crippen molar-refractivity contribution >= 4 is 0 Å². The van der Waals surface area contributed by atoms with Crippen LogP contribution in [-0.4, -0.2) is 61.4 Å². The summed E-state index contributed by atoms with van der Waals surface area (Å²) < 4.78 is 17.1. The van der Waals surface area contributed by atoms with E-state index >= 15 is 0 Å². The van der Waals surface area contributed by atoms with Crippen LogP contribution in [0.2, 0.25) is 0 Å². The predicted octanol–water partition coefficient (Wildman–Crippen LogP) is 5.13. The van der Waals surface area contributed by atoms with Crippen LogP contribution >= 0.6 is 0 Å². The highest BCUT2D eigenvalue weighted by Crippen LogP contribution is 2.36. The normalized spacial score (nSPS) is 14.1. The van der Waals surface area contributed by atoms with E-state index in [2.05, 4.69) is 34.1 Å². The average molecular weight is 456 g/mol. The van der Waals surface area contributed by atoms with Crippen molar-refractivity contribution in [1.29, 1.82) is 0 Å². The predicted molar refractivity (Wildman–Crippen MR) is 134 cm³/mol. The van der Waals surface area contributed by atoms with Gasteiger partial charge in [-0.3, -0.25) is 4.90 Å². The maximum atomic E-state index is 6.05. The number of aromatic nitrogens is 2. The zero-order valence-corrected chi connectivity index (χ0v) is 19.4. The smallest absolute Gasteiger partial charge is 0.161 e. The zero-order chi connectivity index (χ0) is 23.2. The first-order chi connectivity index (χ1) is 16.8. The van der Waals surface area contributed by atoms with Crippen molar-refractivity contribution in [2.24, 2.45) is 0 Å². The van der Waals surface area contributed by atoms with Gasteiger partial charge in [0.2, 0.25) is 0 Å². The molecular weight excluding hydrogens is 426 g/mol. The van der Waals surface area contributed by atoms with Crippen LogP contribution in [0.4, 0.5) is 0 Å². The molecule has 6 nitrogen and oxygen atoms in total. The molecule has 5 rings (SSSR count). The van der Waals surface area contributed by atoms with Crippen LogP contribution in [0.15, 0.2) is 78.9 Å². The van der Waals surface area contributed by atoms with Crippen molar-refractivity contribution in [3.63, 3.8) is 0 Å². The number of hydrogen-bond donors (Lipinski definition) is 1. The molecule has 0 unspecified atom stereocenters. The van der Waals surface area contributed by atoms with E-state index in [9.17, 15) is 0 Å². The van der Waals surface area contributed by atoms with Crippen LogP contribution < -0.4 is 9.47 Å². The van der Waals surface area contributed by atoms with Gasteiger partial charge in [-0.05, 0) is 18.2 Å². The van der Waals surface area contributed by atoms with E-state index in [0.29, 0.717) is 12.4 Å². The maximum absolute atomic E-state index is 6.05. The van der Waals surface area contributed by atoms with Gasteiger partial charge in [-0.2, -0.15) is 0 Å². The number of imidazole rings is 1. The Labute approximate surface area is 200 Å². The van der Waals surface area contributed by atoms with Crippen LogP contribution in [0.3, 0.4) is 0 Å². The van der Waals surface area contributed by atoms with Crippen molar-refractivity contribution < 1.29 is 14.2 Å².